The van der Waals surface area contributed by atoms with Crippen LogP contribution in [0.2, 0.25) is 0 Å². The van der Waals surface area contributed by atoms with E-state index in [1.807, 2.05) is 43.1 Å². The number of ether oxygens (including phenoxy) is 4. The molecular weight excluding hydrogens is 1030 g/mol. The van der Waals surface area contributed by atoms with Gasteiger partial charge in [-0.05, 0) is 54.2 Å². The first-order valence-corrected chi connectivity index (χ1v) is 26.2. The summed E-state index contributed by atoms with van der Waals surface area (Å²) in [5, 5.41) is 31.1. The van der Waals surface area contributed by atoms with Crippen molar-refractivity contribution in [1.29, 1.82) is 0 Å². The topological polar surface area (TPSA) is 351 Å². The van der Waals surface area contributed by atoms with Gasteiger partial charge in [-0.2, -0.15) is 9.97 Å². The molecule has 26 heteroatoms. The summed E-state index contributed by atoms with van der Waals surface area (Å²) in [4.78, 5) is 103. The number of carbonyl (C=O) groups is 6. The molecule has 3 aromatic heterocycles. The van der Waals surface area contributed by atoms with Gasteiger partial charge in [0.15, 0.2) is 17.0 Å². The van der Waals surface area contributed by atoms with Crippen LogP contribution in [0.1, 0.15) is 67.3 Å². The number of aryl methyl sites for hydroxylation is 1. The van der Waals surface area contributed by atoms with Crippen molar-refractivity contribution in [2.45, 2.75) is 84.3 Å². The summed E-state index contributed by atoms with van der Waals surface area (Å²) in [7, 11) is 1.82. The zero-order valence-corrected chi connectivity index (χ0v) is 45.2. The maximum Gasteiger partial charge on any atom is 0.326 e. The van der Waals surface area contributed by atoms with Crippen molar-refractivity contribution in [1.82, 2.24) is 51.1 Å². The van der Waals surface area contributed by atoms with Gasteiger partial charge in [0, 0.05) is 50.8 Å². The first kappa shape index (κ1) is 59.7. The van der Waals surface area contributed by atoms with Crippen molar-refractivity contribution in [3.8, 4) is 10.4 Å². The number of carboxylic acid groups (broad SMARTS) is 1. The number of aliphatic hydroxyl groups excluding tert-OH is 1. The zero-order chi connectivity index (χ0) is 56.4. The highest BCUT2D eigenvalue weighted by atomic mass is 32.1. The molecule has 0 aliphatic carbocycles. The number of carboxylic acids is 1. The Morgan fingerprint density at radius 2 is 1.51 bits per heavy atom. The van der Waals surface area contributed by atoms with Crippen molar-refractivity contribution < 1.29 is 57.9 Å². The lowest BCUT2D eigenvalue weighted by molar-refractivity contribution is -0.144. The second-order valence-corrected chi connectivity index (χ2v) is 20.3. The van der Waals surface area contributed by atoms with Crippen molar-refractivity contribution in [3.05, 3.63) is 82.8 Å². The predicted molar refractivity (Wildman–Crippen MR) is 289 cm³/mol. The first-order chi connectivity index (χ1) is 37.3. The molecule has 0 spiro atoms. The number of anilines is 3. The molecule has 0 radical (unpaired) electrons. The van der Waals surface area contributed by atoms with E-state index in [0.29, 0.717) is 17.8 Å². The van der Waals surface area contributed by atoms with Crippen molar-refractivity contribution in [2.75, 3.05) is 89.4 Å². The van der Waals surface area contributed by atoms with Gasteiger partial charge in [-0.15, -0.1) is 11.3 Å². The number of β-amino-alcohol motifs (C(OH)–C–C–N with tert-alkyl or cyclic N) is 1. The fraction of sp³-hybridized carbons (Fsp3) is 0.481. The van der Waals surface area contributed by atoms with Gasteiger partial charge < -0.3 is 71.7 Å². The van der Waals surface area contributed by atoms with Gasteiger partial charge >= 0.3 is 5.97 Å². The molecule has 420 valence electrons. The monoisotopic (exact) mass is 1100 g/mol. The van der Waals surface area contributed by atoms with Gasteiger partial charge in [-0.25, -0.2) is 19.7 Å². The summed E-state index contributed by atoms with van der Waals surface area (Å²) in [6, 6.07) is 11.1. The second kappa shape index (κ2) is 28.8. The number of amides is 5. The molecule has 4 atom stereocenters. The average Bonchev–Trinajstić information content (AvgIpc) is 4.11. The van der Waals surface area contributed by atoms with Gasteiger partial charge in [0.25, 0.3) is 5.91 Å². The molecule has 1 fully saturated rings. The number of aromatic nitrogens is 5. The fourth-order valence-electron chi connectivity index (χ4n) is 8.19. The fourth-order valence-corrected chi connectivity index (χ4v) is 9.01. The van der Waals surface area contributed by atoms with E-state index in [4.69, 9.17) is 30.4 Å². The number of fused-ring (bicyclic) bond motifs is 1. The molecule has 25 nitrogen and oxygen atoms in total. The summed E-state index contributed by atoms with van der Waals surface area (Å²) in [6.07, 6.45) is 0.442. The number of aliphatic carboxylic acids is 1. The normalized spacial score (nSPS) is 15.1. The van der Waals surface area contributed by atoms with E-state index in [2.05, 4.69) is 46.2 Å². The molecule has 0 bridgehead atoms. The standard InChI is InChI=1S/C52H69N13O12S/c1-31-43(78-30-58-31)33-8-6-32(7-9-33)25-57-48(70)39-24-37(66)28-65(39)49(71)44(52(2,3)4)61-41(68)29-77-23-22-76-21-20-75-19-18-74-17-16-55-40(67)15-14-38(50(72)73)60-47(69)34-10-12-36(13-11-34)64(5)27-35-26-56-46-42(59-35)45(53)62-51(54)63-46/h6-13,26,30,37-39,44,66H,14-25,27-29H2,1-5H3,(H,55,67)(H,57,70)(H,60,69)(H,61,68)(H,72,73)(H4,53,54,56,62,63)/t37-,38?,39?,44?/m1/s1. The molecule has 3 unspecified atom stereocenters. The Bertz CT molecular complexity index is 2830. The molecule has 6 rings (SSSR count). The van der Waals surface area contributed by atoms with Crippen LogP contribution in [-0.4, -0.2) is 173 Å². The number of rotatable bonds is 29. The van der Waals surface area contributed by atoms with E-state index in [0.717, 1.165) is 27.4 Å². The Kier molecular flexibility index (Phi) is 22.0. The zero-order valence-electron chi connectivity index (χ0n) is 44.4. The largest absolute Gasteiger partial charge is 0.480 e. The minimum atomic E-state index is -1.30. The Labute approximate surface area is 455 Å². The molecule has 5 aromatic rings. The molecule has 1 saturated heterocycles. The molecule has 78 heavy (non-hydrogen) atoms. The van der Waals surface area contributed by atoms with Crippen LogP contribution in [0.15, 0.2) is 60.2 Å². The summed E-state index contributed by atoms with van der Waals surface area (Å²) < 4.78 is 22.0. The summed E-state index contributed by atoms with van der Waals surface area (Å²) in [5.41, 5.74) is 17.7. The van der Waals surface area contributed by atoms with E-state index in [1.54, 1.807) is 68.1 Å². The highest BCUT2D eigenvalue weighted by molar-refractivity contribution is 7.13. The number of aliphatic hydroxyl groups is 1. The molecule has 2 aromatic carbocycles. The Morgan fingerprint density at radius 1 is 0.846 bits per heavy atom. The summed E-state index contributed by atoms with van der Waals surface area (Å²) in [6.45, 7) is 9.20. The SMILES string of the molecule is Cc1ncsc1-c1ccc(CNC(=O)C2C[C@@H](O)CN2C(=O)C(NC(=O)COCCOCCOCCOCCNC(=O)CCC(NC(=O)c2ccc(N(C)Cc3cnc4nc(N)nc(N)c4n3)cc2)C(=O)O)C(C)(C)C)cc1. The minimum absolute atomic E-state index is 0.00214. The smallest absolute Gasteiger partial charge is 0.326 e. The van der Waals surface area contributed by atoms with Crippen LogP contribution >= 0.6 is 11.3 Å². The number of carbonyl (C=O) groups excluding carboxylic acids is 5. The van der Waals surface area contributed by atoms with Crippen molar-refractivity contribution in [3.63, 3.8) is 0 Å². The van der Waals surface area contributed by atoms with Gasteiger partial charge in [-0.3, -0.25) is 24.0 Å². The van der Waals surface area contributed by atoms with Crippen LogP contribution in [0.5, 0.6) is 0 Å². The molecule has 10 N–H and O–H groups in total. The maximum atomic E-state index is 13.9. The molecule has 0 saturated carbocycles. The molecular formula is C52H69N13O12S. The van der Waals surface area contributed by atoms with Gasteiger partial charge in [0.05, 0.1) is 86.9 Å². The number of thiazole rings is 1. The molecule has 1 aliphatic heterocycles. The molecule has 4 heterocycles. The Hall–Kier alpha value is -7.49. The maximum absolute atomic E-state index is 13.9. The van der Waals surface area contributed by atoms with Crippen LogP contribution in [-0.2, 0) is 56.0 Å². The van der Waals surface area contributed by atoms with E-state index in [9.17, 15) is 39.0 Å². The van der Waals surface area contributed by atoms with Gasteiger partial charge in [-0.1, -0.05) is 45.0 Å². The average molecular weight is 1100 g/mol. The third kappa shape index (κ3) is 17.8. The third-order valence-corrected chi connectivity index (χ3v) is 13.3. The van der Waals surface area contributed by atoms with Crippen LogP contribution in [0.25, 0.3) is 21.6 Å². The molecule has 5 amide bonds. The number of nitrogens with zero attached hydrogens (tertiary/aromatic N) is 7. The van der Waals surface area contributed by atoms with Crippen molar-refractivity contribution in [2.24, 2.45) is 5.41 Å². The number of nitrogens with one attached hydrogen (secondary N) is 4. The number of likely N-dealkylation sites (tertiary alicyclic amines) is 1. The first-order valence-electron chi connectivity index (χ1n) is 25.3. The number of nitrogens with two attached hydrogens (primary N) is 2. The van der Waals surface area contributed by atoms with Crippen LogP contribution < -0.4 is 37.6 Å². The van der Waals surface area contributed by atoms with Crippen LogP contribution in [0, 0.1) is 12.3 Å². The number of hydrogen-bond donors (Lipinski definition) is 8. The van der Waals surface area contributed by atoms with Crippen molar-refractivity contribution >= 4 is 75.5 Å². The van der Waals surface area contributed by atoms with Crippen LogP contribution in [0.3, 0.4) is 0 Å². The van der Waals surface area contributed by atoms with E-state index in [-0.39, 0.29) is 115 Å². The number of nitrogen functional groups attached to an aromatic ring is 2. The van der Waals surface area contributed by atoms with Gasteiger partial charge in [0.1, 0.15) is 24.7 Å². The summed E-state index contributed by atoms with van der Waals surface area (Å²) in [5.74, 6) is -3.58. The highest BCUT2D eigenvalue weighted by Gasteiger charge is 2.44. The lowest BCUT2D eigenvalue weighted by atomic mass is 9.85. The Morgan fingerprint density at radius 3 is 2.15 bits per heavy atom. The van der Waals surface area contributed by atoms with E-state index in [1.165, 1.54) is 4.90 Å². The molecule has 1 aliphatic rings. The lowest BCUT2D eigenvalue weighted by Crippen LogP contribution is -2.58. The van der Waals surface area contributed by atoms with Gasteiger partial charge in [0.2, 0.25) is 29.6 Å². The Balaban J connectivity index is 0.777. The van der Waals surface area contributed by atoms with E-state index >= 15 is 0 Å². The number of benzene rings is 2. The highest BCUT2D eigenvalue weighted by Crippen LogP contribution is 2.29. The number of hydrogen-bond acceptors (Lipinski definition) is 20. The second-order valence-electron chi connectivity index (χ2n) is 19.5. The summed E-state index contributed by atoms with van der Waals surface area (Å²) >= 11 is 1.56. The third-order valence-electron chi connectivity index (χ3n) is 12.4. The van der Waals surface area contributed by atoms with E-state index < -0.39 is 65.1 Å². The lowest BCUT2D eigenvalue weighted by Gasteiger charge is -2.35. The van der Waals surface area contributed by atoms with Crippen LogP contribution in [0.4, 0.5) is 17.5 Å². The minimum Gasteiger partial charge on any atom is -0.480 e. The predicted octanol–water partition coefficient (Wildman–Crippen LogP) is 1.61. The quantitative estimate of drug-likeness (QED) is 0.0315.